The molecule has 1 aromatic heterocycles. The van der Waals surface area contributed by atoms with Crippen molar-refractivity contribution < 1.29 is 9.53 Å². The van der Waals surface area contributed by atoms with Crippen LogP contribution in [0.4, 0.5) is 4.79 Å². The minimum Gasteiger partial charge on any atom is -0.444 e. The van der Waals surface area contributed by atoms with Gasteiger partial charge in [-0.05, 0) is 26.3 Å². The molecule has 1 unspecified atom stereocenters. The number of nitrogens with one attached hydrogen (secondary N) is 1. The van der Waals surface area contributed by atoms with Gasteiger partial charge in [-0.2, -0.15) is 5.10 Å². The Labute approximate surface area is 136 Å². The summed E-state index contributed by atoms with van der Waals surface area (Å²) in [4.78, 5) is 11.9. The van der Waals surface area contributed by atoms with Gasteiger partial charge in [-0.25, -0.2) is 4.79 Å². The molecular weight excluding hydrogens is 292 g/mol. The summed E-state index contributed by atoms with van der Waals surface area (Å²) in [7, 11) is 0. The largest absolute Gasteiger partial charge is 0.444 e. The number of amides is 1. The average molecular weight is 316 g/mol. The predicted octanol–water partition coefficient (Wildman–Crippen LogP) is 2.46. The number of hydrogen-bond donors (Lipinski definition) is 2. The van der Waals surface area contributed by atoms with Crippen LogP contribution in [0, 0.1) is 0 Å². The second kappa shape index (κ2) is 7.28. The number of carbonyl (C=O) groups excluding carboxylic acids is 1. The Balaban J connectivity index is 2.00. The molecule has 0 saturated carbocycles. The molecule has 124 valence electrons. The molecule has 3 N–H and O–H groups in total. The van der Waals surface area contributed by atoms with Crippen LogP contribution in [0.5, 0.6) is 0 Å². The van der Waals surface area contributed by atoms with Gasteiger partial charge in [0.1, 0.15) is 5.60 Å². The first-order valence-corrected chi connectivity index (χ1v) is 7.63. The molecule has 0 saturated heterocycles. The van der Waals surface area contributed by atoms with Gasteiger partial charge in [-0.1, -0.05) is 30.3 Å². The fraction of sp³-hybridized carbons (Fsp3) is 0.412. The zero-order chi connectivity index (χ0) is 16.9. The number of benzene rings is 1. The minimum atomic E-state index is -0.541. The lowest BCUT2D eigenvalue weighted by atomic mass is 10.1. The molecule has 0 aliphatic rings. The Morgan fingerprint density at radius 2 is 2.04 bits per heavy atom. The van der Waals surface area contributed by atoms with Gasteiger partial charge in [0.2, 0.25) is 0 Å². The smallest absolute Gasteiger partial charge is 0.408 e. The number of nitrogens with two attached hydrogens (primary N) is 1. The van der Waals surface area contributed by atoms with Crippen LogP contribution in [0.3, 0.4) is 0 Å². The van der Waals surface area contributed by atoms with E-state index in [9.17, 15) is 4.79 Å². The summed E-state index contributed by atoms with van der Waals surface area (Å²) in [5.74, 6) is 0. The normalized spacial score (nSPS) is 12.7. The van der Waals surface area contributed by atoms with Crippen molar-refractivity contribution in [2.45, 2.75) is 39.0 Å². The maximum Gasteiger partial charge on any atom is 0.408 e. The topological polar surface area (TPSA) is 82.2 Å². The van der Waals surface area contributed by atoms with E-state index in [4.69, 9.17) is 10.5 Å². The second-order valence-electron chi connectivity index (χ2n) is 6.39. The molecule has 23 heavy (non-hydrogen) atoms. The summed E-state index contributed by atoms with van der Waals surface area (Å²) in [5.41, 5.74) is 7.25. The number of hydrogen-bond acceptors (Lipinski definition) is 4. The van der Waals surface area contributed by atoms with Crippen LogP contribution in [0.2, 0.25) is 0 Å². The molecule has 0 spiro atoms. The molecule has 1 heterocycles. The fourth-order valence-electron chi connectivity index (χ4n) is 2.14. The molecular formula is C17H24N4O2. The highest BCUT2D eigenvalue weighted by molar-refractivity contribution is 5.68. The van der Waals surface area contributed by atoms with Gasteiger partial charge >= 0.3 is 6.09 Å². The zero-order valence-corrected chi connectivity index (χ0v) is 13.8. The van der Waals surface area contributed by atoms with Crippen LogP contribution < -0.4 is 11.1 Å². The third kappa shape index (κ3) is 5.41. The summed E-state index contributed by atoms with van der Waals surface area (Å²) in [5, 5.41) is 7.11. The van der Waals surface area contributed by atoms with Gasteiger partial charge in [0, 0.05) is 18.3 Å². The molecule has 0 fully saturated rings. The third-order valence-corrected chi connectivity index (χ3v) is 3.17. The van der Waals surface area contributed by atoms with Gasteiger partial charge in [0.25, 0.3) is 0 Å². The summed E-state index contributed by atoms with van der Waals surface area (Å²) in [6.45, 7) is 6.41. The number of rotatable bonds is 5. The van der Waals surface area contributed by atoms with Crippen LogP contribution in [0.25, 0.3) is 0 Å². The molecule has 1 aromatic carbocycles. The van der Waals surface area contributed by atoms with Crippen molar-refractivity contribution in [3.63, 3.8) is 0 Å². The van der Waals surface area contributed by atoms with E-state index in [0.29, 0.717) is 6.54 Å². The van der Waals surface area contributed by atoms with E-state index >= 15 is 0 Å². The maximum atomic E-state index is 11.9. The monoisotopic (exact) mass is 316 g/mol. The molecule has 6 heteroatoms. The summed E-state index contributed by atoms with van der Waals surface area (Å²) < 4.78 is 7.08. The van der Waals surface area contributed by atoms with Crippen molar-refractivity contribution in [2.24, 2.45) is 5.73 Å². The van der Waals surface area contributed by atoms with Crippen molar-refractivity contribution in [3.8, 4) is 0 Å². The molecule has 1 atom stereocenters. The van der Waals surface area contributed by atoms with Crippen LogP contribution in [0.1, 0.15) is 37.9 Å². The SMILES string of the molecule is CC(C)(C)OC(=O)NC(CN)c1cnn(Cc2ccccc2)c1. The van der Waals surface area contributed by atoms with Crippen molar-refractivity contribution in [3.05, 3.63) is 53.9 Å². The Kier molecular flexibility index (Phi) is 5.39. The Bertz CT molecular complexity index is 632. The molecule has 6 nitrogen and oxygen atoms in total. The highest BCUT2D eigenvalue weighted by atomic mass is 16.6. The number of carbonyl (C=O) groups is 1. The van der Waals surface area contributed by atoms with Gasteiger partial charge < -0.3 is 15.8 Å². The van der Waals surface area contributed by atoms with Crippen molar-refractivity contribution in [2.75, 3.05) is 6.54 Å². The van der Waals surface area contributed by atoms with Crippen molar-refractivity contribution in [1.29, 1.82) is 0 Å². The summed E-state index contributed by atoms with van der Waals surface area (Å²) in [6, 6.07) is 9.72. The lowest BCUT2D eigenvalue weighted by molar-refractivity contribution is 0.0505. The van der Waals surface area contributed by atoms with Crippen LogP contribution in [0.15, 0.2) is 42.7 Å². The Hall–Kier alpha value is -2.34. The quantitative estimate of drug-likeness (QED) is 0.887. The fourth-order valence-corrected chi connectivity index (χ4v) is 2.14. The Morgan fingerprint density at radius 3 is 2.65 bits per heavy atom. The van der Waals surface area contributed by atoms with Crippen molar-refractivity contribution >= 4 is 6.09 Å². The average Bonchev–Trinajstić information content (AvgIpc) is 2.92. The number of nitrogens with zero attached hydrogens (tertiary/aromatic N) is 2. The second-order valence-corrected chi connectivity index (χ2v) is 6.39. The zero-order valence-electron chi connectivity index (χ0n) is 13.8. The molecule has 0 aliphatic carbocycles. The van der Waals surface area contributed by atoms with E-state index in [1.54, 1.807) is 6.20 Å². The van der Waals surface area contributed by atoms with E-state index in [1.807, 2.05) is 62.0 Å². The molecule has 0 radical (unpaired) electrons. The van der Waals surface area contributed by atoms with Gasteiger partial charge in [0.05, 0.1) is 18.8 Å². The first-order valence-electron chi connectivity index (χ1n) is 7.63. The number of ether oxygens (including phenoxy) is 1. The first kappa shape index (κ1) is 17.0. The van der Waals surface area contributed by atoms with Crippen molar-refractivity contribution in [1.82, 2.24) is 15.1 Å². The van der Waals surface area contributed by atoms with E-state index in [1.165, 1.54) is 0 Å². The van der Waals surface area contributed by atoms with Gasteiger partial charge in [-0.15, -0.1) is 0 Å². The predicted molar refractivity (Wildman–Crippen MR) is 88.9 cm³/mol. The highest BCUT2D eigenvalue weighted by Crippen LogP contribution is 2.14. The van der Waals surface area contributed by atoms with E-state index in [-0.39, 0.29) is 12.6 Å². The maximum absolute atomic E-state index is 11.9. The summed E-state index contributed by atoms with van der Waals surface area (Å²) >= 11 is 0. The van der Waals surface area contributed by atoms with Crippen LogP contribution in [-0.4, -0.2) is 28.0 Å². The van der Waals surface area contributed by atoms with E-state index in [2.05, 4.69) is 10.4 Å². The molecule has 0 aliphatic heterocycles. The third-order valence-electron chi connectivity index (χ3n) is 3.17. The van der Waals surface area contributed by atoms with Gasteiger partial charge in [0.15, 0.2) is 0 Å². The van der Waals surface area contributed by atoms with E-state index < -0.39 is 11.7 Å². The molecule has 2 aromatic rings. The Morgan fingerprint density at radius 1 is 1.35 bits per heavy atom. The molecule has 0 bridgehead atoms. The first-order chi connectivity index (χ1) is 10.9. The van der Waals surface area contributed by atoms with Gasteiger partial charge in [-0.3, -0.25) is 4.68 Å². The highest BCUT2D eigenvalue weighted by Gasteiger charge is 2.20. The van der Waals surface area contributed by atoms with Crippen LogP contribution >= 0.6 is 0 Å². The van der Waals surface area contributed by atoms with E-state index in [0.717, 1.165) is 11.1 Å². The molecule has 1 amide bonds. The van der Waals surface area contributed by atoms with Crippen LogP contribution in [-0.2, 0) is 11.3 Å². The number of aromatic nitrogens is 2. The summed E-state index contributed by atoms with van der Waals surface area (Å²) in [6.07, 6.45) is 3.13. The molecule has 2 rings (SSSR count). The minimum absolute atomic E-state index is 0.274. The lowest BCUT2D eigenvalue weighted by Gasteiger charge is -2.22. The lowest BCUT2D eigenvalue weighted by Crippen LogP contribution is -2.37. The number of alkyl carbamates (subject to hydrolysis) is 1. The standard InChI is InChI=1S/C17H24N4O2/c1-17(2,3)23-16(22)20-15(9-18)14-10-19-21(12-14)11-13-7-5-4-6-8-13/h4-8,10,12,15H,9,11,18H2,1-3H3,(H,20,22).